The molecule has 0 radical (unpaired) electrons. The Morgan fingerprint density at radius 1 is 1.26 bits per heavy atom. The molecule has 1 saturated heterocycles. The largest absolute Gasteiger partial charge is 0.493 e. The van der Waals surface area contributed by atoms with Crippen LogP contribution < -0.4 is 9.47 Å². The smallest absolute Gasteiger partial charge is 0.344 e. The minimum Gasteiger partial charge on any atom is -0.493 e. The molecule has 1 aliphatic rings. The number of rotatable bonds is 8. The first-order chi connectivity index (χ1) is 16.2. The number of amides is 1. The van der Waals surface area contributed by atoms with E-state index in [0.29, 0.717) is 37.3 Å². The molecular weight excluding hydrogens is 528 g/mol. The average molecular weight is 549 g/mol. The Bertz CT molecular complexity index is 1200. The number of aliphatic imine (C=N–C) groups is 1. The Balaban J connectivity index is 1.86. The summed E-state index contributed by atoms with van der Waals surface area (Å²) in [6.07, 6.45) is 1.68. The summed E-state index contributed by atoms with van der Waals surface area (Å²) in [5, 5.41) is 9.58. The van der Waals surface area contributed by atoms with Crippen molar-refractivity contribution in [1.29, 1.82) is 0 Å². The van der Waals surface area contributed by atoms with Crippen LogP contribution in [0.5, 0.6) is 11.5 Å². The van der Waals surface area contributed by atoms with Gasteiger partial charge in [0.1, 0.15) is 0 Å². The van der Waals surface area contributed by atoms with Gasteiger partial charge in [-0.2, -0.15) is 0 Å². The molecule has 9 nitrogen and oxygen atoms in total. The fraction of sp³-hybridized carbons (Fsp3) is 0.217. The van der Waals surface area contributed by atoms with Crippen molar-refractivity contribution in [1.82, 2.24) is 4.90 Å². The van der Waals surface area contributed by atoms with Gasteiger partial charge in [0.05, 0.1) is 34.3 Å². The van der Waals surface area contributed by atoms with Gasteiger partial charge in [-0.15, -0.1) is 0 Å². The van der Waals surface area contributed by atoms with Crippen molar-refractivity contribution in [3.63, 3.8) is 0 Å². The van der Waals surface area contributed by atoms with Gasteiger partial charge in [-0.05, 0) is 76.6 Å². The first kappa shape index (κ1) is 25.3. The van der Waals surface area contributed by atoms with Crippen molar-refractivity contribution in [2.24, 2.45) is 4.99 Å². The van der Waals surface area contributed by atoms with Crippen LogP contribution in [0.1, 0.15) is 22.8 Å². The highest BCUT2D eigenvalue weighted by Crippen LogP contribution is 2.39. The van der Waals surface area contributed by atoms with Crippen molar-refractivity contribution in [2.75, 3.05) is 27.4 Å². The van der Waals surface area contributed by atoms with Gasteiger partial charge in [0.15, 0.2) is 23.3 Å². The number of carbonyl (C=O) groups is 3. The summed E-state index contributed by atoms with van der Waals surface area (Å²) in [6, 6.07) is 9.58. The molecular formula is C23H21BrN2O7S. The minimum atomic E-state index is -1.06. The zero-order valence-electron chi connectivity index (χ0n) is 18.5. The number of carbonyl (C=O) groups excluding carboxylic acids is 2. The van der Waals surface area contributed by atoms with Gasteiger partial charge in [0.25, 0.3) is 5.91 Å². The Morgan fingerprint density at radius 3 is 2.71 bits per heavy atom. The molecule has 1 fully saturated rings. The summed E-state index contributed by atoms with van der Waals surface area (Å²) >= 11 is 4.58. The van der Waals surface area contributed by atoms with Gasteiger partial charge in [0.2, 0.25) is 0 Å². The third-order valence-corrected chi connectivity index (χ3v) is 6.16. The van der Waals surface area contributed by atoms with E-state index in [9.17, 15) is 14.4 Å². The quantitative estimate of drug-likeness (QED) is 0.382. The number of halogens is 1. The number of hydrogen-bond donors (Lipinski definition) is 1. The van der Waals surface area contributed by atoms with Gasteiger partial charge in [-0.25, -0.2) is 14.6 Å². The van der Waals surface area contributed by atoms with E-state index in [1.807, 2.05) is 0 Å². The predicted molar refractivity (Wildman–Crippen MR) is 132 cm³/mol. The maximum atomic E-state index is 12.8. The topological polar surface area (TPSA) is 115 Å². The fourth-order valence-electron chi connectivity index (χ4n) is 2.92. The second-order valence-corrected chi connectivity index (χ2v) is 8.72. The highest BCUT2D eigenvalue weighted by molar-refractivity contribution is 9.10. The number of carboxylic acids is 1. The van der Waals surface area contributed by atoms with Crippen molar-refractivity contribution in [2.45, 2.75) is 6.92 Å². The summed E-state index contributed by atoms with van der Waals surface area (Å²) in [5.74, 6) is -1.11. The van der Waals surface area contributed by atoms with E-state index < -0.39 is 11.9 Å². The first-order valence-corrected chi connectivity index (χ1v) is 11.6. The Labute approximate surface area is 208 Å². The van der Waals surface area contributed by atoms with Crippen LogP contribution in [-0.4, -0.2) is 60.4 Å². The number of amidine groups is 1. The molecule has 0 atom stereocenters. The van der Waals surface area contributed by atoms with Crippen LogP contribution in [0.15, 0.2) is 50.8 Å². The van der Waals surface area contributed by atoms with Crippen LogP contribution in [-0.2, 0) is 14.3 Å². The monoisotopic (exact) mass is 548 g/mol. The number of benzene rings is 2. The second-order valence-electron chi connectivity index (χ2n) is 6.85. The van der Waals surface area contributed by atoms with Crippen molar-refractivity contribution in [3.8, 4) is 11.5 Å². The minimum absolute atomic E-state index is 0.108. The number of ether oxygens (including phenoxy) is 3. The molecule has 34 heavy (non-hydrogen) atoms. The number of aromatic carboxylic acids is 1. The fourth-order valence-corrected chi connectivity index (χ4v) is 4.48. The number of hydrogen-bond acceptors (Lipinski definition) is 8. The zero-order valence-corrected chi connectivity index (χ0v) is 20.9. The van der Waals surface area contributed by atoms with Gasteiger partial charge in [0, 0.05) is 7.05 Å². The van der Waals surface area contributed by atoms with E-state index in [1.54, 1.807) is 44.3 Å². The van der Waals surface area contributed by atoms with Crippen LogP contribution in [0.25, 0.3) is 6.08 Å². The lowest BCUT2D eigenvalue weighted by atomic mass is 10.2. The number of methoxy groups -OCH3 is 1. The Hall–Kier alpha value is -3.31. The molecule has 1 N–H and O–H groups in total. The van der Waals surface area contributed by atoms with Crippen molar-refractivity contribution >= 4 is 62.5 Å². The normalized spacial score (nSPS) is 15.6. The molecule has 2 aromatic rings. The van der Waals surface area contributed by atoms with E-state index in [-0.39, 0.29) is 24.7 Å². The molecule has 0 saturated carbocycles. The zero-order chi connectivity index (χ0) is 24.8. The van der Waals surface area contributed by atoms with Crippen molar-refractivity contribution in [3.05, 3.63) is 56.9 Å². The van der Waals surface area contributed by atoms with E-state index in [1.165, 1.54) is 35.9 Å². The molecule has 1 amide bonds. The molecule has 0 unspecified atom stereocenters. The Kier molecular flexibility index (Phi) is 8.35. The third-order valence-electron chi connectivity index (χ3n) is 4.51. The number of likely N-dealkylation sites (N-methyl/N-ethyl adjacent to an activating group) is 1. The summed E-state index contributed by atoms with van der Waals surface area (Å²) in [6.45, 7) is 1.69. The van der Waals surface area contributed by atoms with Gasteiger partial charge < -0.3 is 19.3 Å². The van der Waals surface area contributed by atoms with E-state index >= 15 is 0 Å². The van der Waals surface area contributed by atoms with Crippen LogP contribution in [0.3, 0.4) is 0 Å². The number of nitrogens with zero attached hydrogens (tertiary/aromatic N) is 2. The molecule has 0 bridgehead atoms. The lowest BCUT2D eigenvalue weighted by Crippen LogP contribution is -2.23. The molecule has 3 rings (SSSR count). The lowest BCUT2D eigenvalue weighted by molar-refractivity contribution is -0.145. The van der Waals surface area contributed by atoms with Crippen LogP contribution >= 0.6 is 27.7 Å². The summed E-state index contributed by atoms with van der Waals surface area (Å²) in [5.41, 5.74) is 1.19. The average Bonchev–Trinajstić information content (AvgIpc) is 3.06. The van der Waals surface area contributed by atoms with Gasteiger partial charge in [-0.1, -0.05) is 6.07 Å². The first-order valence-electron chi connectivity index (χ1n) is 9.99. The maximum absolute atomic E-state index is 12.8. The van der Waals surface area contributed by atoms with E-state index in [2.05, 4.69) is 20.9 Å². The molecule has 11 heteroatoms. The number of thioether (sulfide) groups is 1. The molecule has 1 heterocycles. The maximum Gasteiger partial charge on any atom is 0.344 e. The van der Waals surface area contributed by atoms with E-state index in [0.717, 1.165) is 0 Å². The molecule has 2 aromatic carbocycles. The predicted octanol–water partition coefficient (Wildman–Crippen LogP) is 4.33. The van der Waals surface area contributed by atoms with Crippen LogP contribution in [0, 0.1) is 0 Å². The van der Waals surface area contributed by atoms with Gasteiger partial charge in [-0.3, -0.25) is 9.69 Å². The van der Waals surface area contributed by atoms with E-state index in [4.69, 9.17) is 19.3 Å². The SMILES string of the molecule is CCOC(=O)COc1c(Br)cc(/C=C2/SC(=Nc3cccc(C(=O)O)c3)N(C)C2=O)cc1OC. The second kappa shape index (κ2) is 11.2. The lowest BCUT2D eigenvalue weighted by Gasteiger charge is -2.13. The van der Waals surface area contributed by atoms with Gasteiger partial charge >= 0.3 is 11.9 Å². The Morgan fingerprint density at radius 2 is 2.03 bits per heavy atom. The molecule has 1 aliphatic heterocycles. The third kappa shape index (κ3) is 5.97. The summed E-state index contributed by atoms with van der Waals surface area (Å²) in [4.78, 5) is 41.8. The van der Waals surface area contributed by atoms with Crippen LogP contribution in [0.4, 0.5) is 5.69 Å². The standard InChI is InChI=1S/C23H21BrN2O7S/c1-4-32-19(27)12-33-20-16(24)8-13(9-17(20)31-3)10-18-21(28)26(2)23(34-18)25-15-7-5-6-14(11-15)22(29)30/h5-11H,4,12H2,1-3H3,(H,29,30)/b18-10+,25-23?. The molecule has 178 valence electrons. The molecule has 0 aliphatic carbocycles. The number of esters is 1. The highest BCUT2D eigenvalue weighted by Gasteiger charge is 2.30. The van der Waals surface area contributed by atoms with Crippen LogP contribution in [0.2, 0.25) is 0 Å². The molecule has 0 aromatic heterocycles. The molecule has 0 spiro atoms. The summed E-state index contributed by atoms with van der Waals surface area (Å²) in [7, 11) is 3.06. The summed E-state index contributed by atoms with van der Waals surface area (Å²) < 4.78 is 16.3. The number of carboxylic acid groups (broad SMARTS) is 1. The van der Waals surface area contributed by atoms with Crippen molar-refractivity contribution < 1.29 is 33.7 Å². The highest BCUT2D eigenvalue weighted by atomic mass is 79.9.